The number of amides is 3. The lowest BCUT2D eigenvalue weighted by Crippen LogP contribution is -2.50. The Morgan fingerprint density at radius 2 is 2.00 bits per heavy atom. The number of nitrogens with one attached hydrogen (secondary N) is 2. The Morgan fingerprint density at radius 1 is 1.27 bits per heavy atom. The van der Waals surface area contributed by atoms with Gasteiger partial charge in [-0.05, 0) is 13.8 Å². The maximum Gasteiger partial charge on any atom is 0.314 e. The van der Waals surface area contributed by atoms with Gasteiger partial charge in [-0.25, -0.2) is 4.79 Å². The maximum absolute atomic E-state index is 12.2. The number of rotatable bonds is 5. The van der Waals surface area contributed by atoms with Crippen molar-refractivity contribution in [1.82, 2.24) is 25.6 Å². The lowest BCUT2D eigenvalue weighted by Gasteiger charge is -2.34. The predicted molar refractivity (Wildman–Crippen MR) is 80.7 cm³/mol. The smallest absolute Gasteiger partial charge is 0.314 e. The van der Waals surface area contributed by atoms with Gasteiger partial charge in [0.15, 0.2) is 5.69 Å². The van der Waals surface area contributed by atoms with Gasteiger partial charge in [0.2, 0.25) is 0 Å². The van der Waals surface area contributed by atoms with Crippen LogP contribution >= 0.6 is 0 Å². The number of carbonyl (C=O) groups excluding carboxylic acids is 2. The van der Waals surface area contributed by atoms with Crippen LogP contribution in [0, 0.1) is 6.92 Å². The first-order valence-corrected chi connectivity index (χ1v) is 7.56. The van der Waals surface area contributed by atoms with Gasteiger partial charge < -0.3 is 20.1 Å². The Labute approximate surface area is 129 Å². The molecule has 1 aliphatic heterocycles. The van der Waals surface area contributed by atoms with Crippen molar-refractivity contribution in [2.45, 2.75) is 13.8 Å². The molecule has 1 aliphatic rings. The van der Waals surface area contributed by atoms with Gasteiger partial charge in [-0.1, -0.05) is 5.16 Å². The summed E-state index contributed by atoms with van der Waals surface area (Å²) >= 11 is 0. The molecule has 0 saturated carbocycles. The van der Waals surface area contributed by atoms with E-state index in [0.717, 1.165) is 19.6 Å². The van der Waals surface area contributed by atoms with Crippen molar-refractivity contribution < 1.29 is 14.1 Å². The number of hydrogen-bond acceptors (Lipinski definition) is 5. The first-order chi connectivity index (χ1) is 10.6. The molecule has 0 bridgehead atoms. The van der Waals surface area contributed by atoms with Crippen molar-refractivity contribution >= 4 is 11.9 Å². The number of hydrogen-bond donors (Lipinski definition) is 2. The lowest BCUT2D eigenvalue weighted by atomic mass is 10.2. The average molecular weight is 309 g/mol. The summed E-state index contributed by atoms with van der Waals surface area (Å²) in [5, 5.41) is 9.25. The summed E-state index contributed by atoms with van der Waals surface area (Å²) in [5.41, 5.74) is 0.365. The van der Waals surface area contributed by atoms with Gasteiger partial charge in [0.1, 0.15) is 5.76 Å². The average Bonchev–Trinajstić information content (AvgIpc) is 2.94. The summed E-state index contributed by atoms with van der Waals surface area (Å²) in [4.78, 5) is 27.5. The number of urea groups is 1. The summed E-state index contributed by atoms with van der Waals surface area (Å²) in [7, 11) is 0. The van der Waals surface area contributed by atoms with Gasteiger partial charge in [-0.3, -0.25) is 9.69 Å². The molecule has 0 atom stereocenters. The molecular weight excluding hydrogens is 286 g/mol. The van der Waals surface area contributed by atoms with E-state index >= 15 is 0 Å². The minimum atomic E-state index is -0.141. The van der Waals surface area contributed by atoms with Crippen LogP contribution in [0.25, 0.3) is 0 Å². The van der Waals surface area contributed by atoms with E-state index in [2.05, 4.69) is 20.7 Å². The van der Waals surface area contributed by atoms with Gasteiger partial charge in [-0.2, -0.15) is 0 Å². The minimum Gasteiger partial charge on any atom is -0.361 e. The van der Waals surface area contributed by atoms with E-state index in [1.807, 2.05) is 6.92 Å². The molecule has 8 nitrogen and oxygen atoms in total. The third-order valence-electron chi connectivity index (χ3n) is 3.56. The monoisotopic (exact) mass is 309 g/mol. The van der Waals surface area contributed by atoms with Gasteiger partial charge in [0.25, 0.3) is 5.91 Å². The highest BCUT2D eigenvalue weighted by Crippen LogP contribution is 2.09. The minimum absolute atomic E-state index is 0.0862. The summed E-state index contributed by atoms with van der Waals surface area (Å²) in [6.45, 7) is 8.55. The van der Waals surface area contributed by atoms with Crippen LogP contribution in [0.3, 0.4) is 0 Å². The van der Waals surface area contributed by atoms with Gasteiger partial charge >= 0.3 is 6.03 Å². The second-order valence-corrected chi connectivity index (χ2v) is 5.24. The van der Waals surface area contributed by atoms with E-state index in [0.29, 0.717) is 37.6 Å². The molecule has 0 aromatic carbocycles. The first-order valence-electron chi connectivity index (χ1n) is 7.56. The van der Waals surface area contributed by atoms with Crippen LogP contribution < -0.4 is 10.6 Å². The zero-order chi connectivity index (χ0) is 15.9. The Bertz CT molecular complexity index is 508. The molecule has 1 aromatic rings. The fourth-order valence-electron chi connectivity index (χ4n) is 2.35. The molecule has 2 rings (SSSR count). The molecule has 8 heteroatoms. The fourth-order valence-corrected chi connectivity index (χ4v) is 2.35. The zero-order valence-corrected chi connectivity index (χ0v) is 13.1. The number of carbonyl (C=O) groups is 2. The number of aryl methyl sites for hydroxylation is 1. The van der Waals surface area contributed by atoms with Crippen molar-refractivity contribution in [2.75, 3.05) is 45.8 Å². The zero-order valence-electron chi connectivity index (χ0n) is 13.1. The van der Waals surface area contributed by atoms with Crippen molar-refractivity contribution in [3.8, 4) is 0 Å². The molecule has 122 valence electrons. The standard InChI is InChI=1S/C14H23N5O3/c1-3-15-14(21)16-4-5-18-6-8-19(9-7-18)13(20)12-10-11(2)22-17-12/h10H,3-9H2,1-2H3,(H2,15,16,21). The Hall–Kier alpha value is -2.09. The quantitative estimate of drug-likeness (QED) is 0.802. The largest absolute Gasteiger partial charge is 0.361 e. The summed E-state index contributed by atoms with van der Waals surface area (Å²) in [6.07, 6.45) is 0. The lowest BCUT2D eigenvalue weighted by molar-refractivity contribution is 0.0629. The van der Waals surface area contributed by atoms with Crippen molar-refractivity contribution in [3.63, 3.8) is 0 Å². The first kappa shape index (κ1) is 16.3. The second kappa shape index (κ2) is 7.79. The molecule has 2 N–H and O–H groups in total. The molecule has 3 amide bonds. The van der Waals surface area contributed by atoms with Crippen LogP contribution in [0.1, 0.15) is 23.2 Å². The van der Waals surface area contributed by atoms with Crippen molar-refractivity contribution in [2.24, 2.45) is 0 Å². The van der Waals surface area contributed by atoms with Crippen LogP contribution in [-0.4, -0.2) is 72.7 Å². The summed E-state index contributed by atoms with van der Waals surface area (Å²) in [5.74, 6) is 0.551. The normalized spacial score (nSPS) is 15.6. The molecule has 1 saturated heterocycles. The van der Waals surface area contributed by atoms with Crippen molar-refractivity contribution in [3.05, 3.63) is 17.5 Å². The third-order valence-corrected chi connectivity index (χ3v) is 3.56. The van der Waals surface area contributed by atoms with E-state index in [9.17, 15) is 9.59 Å². The van der Waals surface area contributed by atoms with Gasteiger partial charge in [-0.15, -0.1) is 0 Å². The van der Waals surface area contributed by atoms with Crippen LogP contribution in [0.15, 0.2) is 10.6 Å². The molecule has 1 aromatic heterocycles. The molecule has 0 spiro atoms. The fraction of sp³-hybridized carbons (Fsp3) is 0.643. The second-order valence-electron chi connectivity index (χ2n) is 5.24. The van der Waals surface area contributed by atoms with E-state index < -0.39 is 0 Å². The number of piperazine rings is 1. The van der Waals surface area contributed by atoms with Crippen LogP contribution in [-0.2, 0) is 0 Å². The van der Waals surface area contributed by atoms with E-state index in [1.165, 1.54) is 0 Å². The van der Waals surface area contributed by atoms with E-state index in [-0.39, 0.29) is 11.9 Å². The molecule has 1 fully saturated rings. The van der Waals surface area contributed by atoms with E-state index in [1.54, 1.807) is 17.9 Å². The molecular formula is C14H23N5O3. The summed E-state index contributed by atoms with van der Waals surface area (Å²) < 4.78 is 4.94. The molecule has 22 heavy (non-hydrogen) atoms. The number of nitrogens with zero attached hydrogens (tertiary/aromatic N) is 3. The van der Waals surface area contributed by atoms with Crippen molar-refractivity contribution in [1.29, 1.82) is 0 Å². The topological polar surface area (TPSA) is 90.7 Å². The van der Waals surface area contributed by atoms with E-state index in [4.69, 9.17) is 4.52 Å². The predicted octanol–water partition coefficient (Wildman–Crippen LogP) is 0.0599. The summed E-state index contributed by atoms with van der Waals surface area (Å²) in [6, 6.07) is 1.52. The highest BCUT2D eigenvalue weighted by Gasteiger charge is 2.23. The van der Waals surface area contributed by atoms with Gasteiger partial charge in [0.05, 0.1) is 0 Å². The maximum atomic E-state index is 12.2. The van der Waals surface area contributed by atoms with Gasteiger partial charge in [0, 0.05) is 51.9 Å². The molecule has 0 radical (unpaired) electrons. The highest BCUT2D eigenvalue weighted by molar-refractivity contribution is 5.92. The highest BCUT2D eigenvalue weighted by atomic mass is 16.5. The molecule has 2 heterocycles. The Kier molecular flexibility index (Phi) is 5.76. The SMILES string of the molecule is CCNC(=O)NCCN1CCN(C(=O)c2cc(C)on2)CC1. The van der Waals surface area contributed by atoms with Crippen LogP contribution in [0.2, 0.25) is 0 Å². The molecule has 0 unspecified atom stereocenters. The Balaban J connectivity index is 1.69. The molecule has 0 aliphatic carbocycles. The number of aromatic nitrogens is 1. The third kappa shape index (κ3) is 4.45. The Morgan fingerprint density at radius 3 is 2.59 bits per heavy atom. The van der Waals surface area contributed by atoms with Crippen LogP contribution in [0.4, 0.5) is 4.79 Å². The van der Waals surface area contributed by atoms with Crippen LogP contribution in [0.5, 0.6) is 0 Å².